The first kappa shape index (κ1) is 55.3. The Kier molecular flexibility index (Phi) is 44.1. The molecule has 0 radical (unpaired) electrons. The van der Waals surface area contributed by atoms with Crippen LogP contribution in [0.3, 0.4) is 0 Å². The highest BCUT2D eigenvalue weighted by atomic mass is 16.6. The van der Waals surface area contributed by atoms with Crippen molar-refractivity contribution in [1.29, 1.82) is 0 Å². The largest absolute Gasteiger partial charge is 0.462 e. The van der Waals surface area contributed by atoms with Crippen LogP contribution in [0.5, 0.6) is 0 Å². The molecule has 0 aromatic carbocycles. The lowest BCUT2D eigenvalue weighted by atomic mass is 10.1. The average molecular weight is 819 g/mol. The topological polar surface area (TPSA) is 78.9 Å². The van der Waals surface area contributed by atoms with Gasteiger partial charge in [-0.2, -0.15) is 0 Å². The second-order valence-corrected chi connectivity index (χ2v) is 15.4. The van der Waals surface area contributed by atoms with E-state index in [9.17, 15) is 14.4 Å². The summed E-state index contributed by atoms with van der Waals surface area (Å²) in [7, 11) is 0. The van der Waals surface area contributed by atoms with Crippen molar-refractivity contribution in [2.45, 2.75) is 207 Å². The number of unbranched alkanes of at least 4 members (excludes halogenated alkanes) is 19. The molecule has 0 aliphatic rings. The molecule has 59 heavy (non-hydrogen) atoms. The van der Waals surface area contributed by atoms with Gasteiger partial charge in [-0.15, -0.1) is 0 Å². The van der Waals surface area contributed by atoms with E-state index in [1.54, 1.807) is 0 Å². The summed E-state index contributed by atoms with van der Waals surface area (Å²) in [6.45, 7) is 6.28. The molecule has 0 aromatic heterocycles. The van der Waals surface area contributed by atoms with Crippen molar-refractivity contribution < 1.29 is 28.6 Å². The monoisotopic (exact) mass is 819 g/mol. The maximum absolute atomic E-state index is 12.7. The molecule has 0 saturated carbocycles. The lowest BCUT2D eigenvalue weighted by Gasteiger charge is -2.18. The number of carbonyl (C=O) groups is 3. The Labute approximate surface area is 362 Å². The summed E-state index contributed by atoms with van der Waals surface area (Å²) in [5.41, 5.74) is 0. The average Bonchev–Trinajstić information content (AvgIpc) is 3.23. The molecule has 334 valence electrons. The number of hydrogen-bond donors (Lipinski definition) is 0. The first-order chi connectivity index (χ1) is 29.0. The number of hydrogen-bond acceptors (Lipinski definition) is 6. The zero-order valence-electron chi connectivity index (χ0n) is 38.0. The molecule has 0 rings (SSSR count). The molecular weight excluding hydrogens is 733 g/mol. The maximum Gasteiger partial charge on any atom is 0.306 e. The third-order valence-corrected chi connectivity index (χ3v) is 9.71. The fourth-order valence-electron chi connectivity index (χ4n) is 6.15. The molecule has 0 saturated heterocycles. The predicted molar refractivity (Wildman–Crippen MR) is 251 cm³/mol. The van der Waals surface area contributed by atoms with Gasteiger partial charge in [0.05, 0.1) is 0 Å². The molecule has 0 N–H and O–H groups in total. The van der Waals surface area contributed by atoms with Gasteiger partial charge in [-0.25, -0.2) is 0 Å². The Hall–Kier alpha value is -3.67. The van der Waals surface area contributed by atoms with Gasteiger partial charge in [0.25, 0.3) is 0 Å². The number of carbonyl (C=O) groups excluding carboxylic acids is 3. The van der Waals surface area contributed by atoms with Crippen LogP contribution in [0, 0.1) is 0 Å². The number of rotatable bonds is 41. The van der Waals surface area contributed by atoms with E-state index in [1.165, 1.54) is 64.2 Å². The van der Waals surface area contributed by atoms with Crippen molar-refractivity contribution in [3.8, 4) is 0 Å². The summed E-state index contributed by atoms with van der Waals surface area (Å²) in [5, 5.41) is 0. The first-order valence-electron chi connectivity index (χ1n) is 23.8. The Morgan fingerprint density at radius 2 is 0.678 bits per heavy atom. The van der Waals surface area contributed by atoms with Gasteiger partial charge in [0.1, 0.15) is 13.2 Å². The minimum absolute atomic E-state index is 0.106. The van der Waals surface area contributed by atoms with Gasteiger partial charge in [0.15, 0.2) is 6.10 Å². The Morgan fingerprint density at radius 3 is 1.10 bits per heavy atom. The molecule has 0 aliphatic heterocycles. The van der Waals surface area contributed by atoms with E-state index < -0.39 is 6.10 Å². The SMILES string of the molecule is CC\C=C/C=C\C=C/C=C\CCCCCC(=O)OC(COC(=O)CCCCC/C=C\CCCCCCCC)COC(=O)CCCCCCCCC\C=C/C=C\C=C/CC. The van der Waals surface area contributed by atoms with Gasteiger partial charge >= 0.3 is 17.9 Å². The minimum atomic E-state index is -0.808. The highest BCUT2D eigenvalue weighted by Gasteiger charge is 2.19. The van der Waals surface area contributed by atoms with Gasteiger partial charge < -0.3 is 14.2 Å². The Morgan fingerprint density at radius 1 is 0.356 bits per heavy atom. The van der Waals surface area contributed by atoms with Crippen LogP contribution in [0.15, 0.2) is 97.2 Å². The number of esters is 3. The van der Waals surface area contributed by atoms with E-state index in [4.69, 9.17) is 14.2 Å². The Balaban J connectivity index is 4.50. The van der Waals surface area contributed by atoms with E-state index >= 15 is 0 Å². The van der Waals surface area contributed by atoms with E-state index in [1.807, 2.05) is 36.5 Å². The molecule has 0 bridgehead atoms. The van der Waals surface area contributed by atoms with E-state index in [0.717, 1.165) is 89.9 Å². The first-order valence-corrected chi connectivity index (χ1v) is 23.8. The van der Waals surface area contributed by atoms with Crippen LogP contribution < -0.4 is 0 Å². The molecule has 6 nitrogen and oxygen atoms in total. The molecule has 6 heteroatoms. The van der Waals surface area contributed by atoms with Crippen LogP contribution in [0.1, 0.15) is 201 Å². The van der Waals surface area contributed by atoms with Crippen molar-refractivity contribution in [2.24, 2.45) is 0 Å². The van der Waals surface area contributed by atoms with E-state index in [-0.39, 0.29) is 37.5 Å². The third kappa shape index (κ3) is 45.3. The van der Waals surface area contributed by atoms with Gasteiger partial charge in [-0.05, 0) is 83.5 Å². The third-order valence-electron chi connectivity index (χ3n) is 9.71. The summed E-state index contributed by atoms with van der Waals surface area (Å²) in [4.78, 5) is 37.8. The number of ether oxygens (including phenoxy) is 3. The minimum Gasteiger partial charge on any atom is -0.462 e. The van der Waals surface area contributed by atoms with Crippen molar-refractivity contribution in [3.05, 3.63) is 97.2 Å². The van der Waals surface area contributed by atoms with Gasteiger partial charge in [0, 0.05) is 19.3 Å². The summed E-state index contributed by atoms with van der Waals surface area (Å²) < 4.78 is 16.7. The molecule has 0 fully saturated rings. The van der Waals surface area contributed by atoms with Crippen LogP contribution in [-0.2, 0) is 28.6 Å². The molecule has 0 aromatic rings. The summed E-state index contributed by atoms with van der Waals surface area (Å²) in [6, 6.07) is 0. The smallest absolute Gasteiger partial charge is 0.306 e. The van der Waals surface area contributed by atoms with Crippen LogP contribution in [0.4, 0.5) is 0 Å². The van der Waals surface area contributed by atoms with Crippen LogP contribution in [0.2, 0.25) is 0 Å². The number of allylic oxidation sites excluding steroid dienone is 16. The molecule has 0 aliphatic carbocycles. The maximum atomic E-state index is 12.7. The lowest BCUT2D eigenvalue weighted by molar-refractivity contribution is -0.167. The molecule has 0 amide bonds. The summed E-state index contributed by atoms with van der Waals surface area (Å²) in [6.07, 6.45) is 61.0. The quantitative estimate of drug-likeness (QED) is 0.0201. The second-order valence-electron chi connectivity index (χ2n) is 15.4. The van der Waals surface area contributed by atoms with Gasteiger partial charge in [-0.3, -0.25) is 14.4 Å². The Bertz CT molecular complexity index is 1220. The highest BCUT2D eigenvalue weighted by molar-refractivity contribution is 5.71. The van der Waals surface area contributed by atoms with Gasteiger partial charge in [0.2, 0.25) is 0 Å². The van der Waals surface area contributed by atoms with E-state index in [0.29, 0.717) is 19.3 Å². The molecular formula is C53H86O6. The standard InChI is InChI=1S/C53H86O6/c1-4-7-10-13-16-19-22-25-26-29-31-34-37-40-43-46-52(55)58-49-50(59-53(56)47-44-41-38-35-32-28-24-21-18-15-12-9-6-3)48-57-51(54)45-42-39-36-33-30-27-23-20-17-14-11-8-5-2/h7,9-10,12-13,15-16,18-19,21-22,24,27-28,30,32,50H,4-6,8,11,14,17,20,23,25-26,29,31,33-49H2,1-3H3/b10-7-,12-9-,16-13-,18-15-,22-19-,24-21-,30-27-,32-28-. The molecule has 1 unspecified atom stereocenters. The normalized spacial score (nSPS) is 12.9. The molecule has 0 heterocycles. The van der Waals surface area contributed by atoms with Crippen LogP contribution >= 0.6 is 0 Å². The summed E-state index contributed by atoms with van der Waals surface area (Å²) >= 11 is 0. The zero-order valence-corrected chi connectivity index (χ0v) is 38.0. The fraction of sp³-hybridized carbons (Fsp3) is 0.642. The van der Waals surface area contributed by atoms with Crippen LogP contribution in [-0.4, -0.2) is 37.2 Å². The van der Waals surface area contributed by atoms with Crippen molar-refractivity contribution >= 4 is 17.9 Å². The zero-order chi connectivity index (χ0) is 43.0. The fourth-order valence-corrected chi connectivity index (χ4v) is 6.15. The second kappa shape index (κ2) is 47.0. The van der Waals surface area contributed by atoms with Crippen molar-refractivity contribution in [2.75, 3.05) is 13.2 Å². The van der Waals surface area contributed by atoms with Gasteiger partial charge in [-0.1, -0.05) is 195 Å². The van der Waals surface area contributed by atoms with E-state index in [2.05, 4.69) is 81.5 Å². The van der Waals surface area contributed by atoms with Crippen molar-refractivity contribution in [3.63, 3.8) is 0 Å². The molecule has 1 atom stereocenters. The highest BCUT2D eigenvalue weighted by Crippen LogP contribution is 2.13. The molecule has 0 spiro atoms. The summed E-state index contributed by atoms with van der Waals surface area (Å²) in [5.74, 6) is -0.981. The predicted octanol–water partition coefficient (Wildman–Crippen LogP) is 15.4. The lowest BCUT2D eigenvalue weighted by Crippen LogP contribution is -2.30. The van der Waals surface area contributed by atoms with Crippen molar-refractivity contribution in [1.82, 2.24) is 0 Å². The van der Waals surface area contributed by atoms with Crippen LogP contribution in [0.25, 0.3) is 0 Å².